The lowest BCUT2D eigenvalue weighted by atomic mass is 10.1. The van der Waals surface area contributed by atoms with Gasteiger partial charge in [0.1, 0.15) is 5.69 Å². The molecule has 0 saturated carbocycles. The molecule has 0 amide bonds. The summed E-state index contributed by atoms with van der Waals surface area (Å²) >= 11 is 3.64. The number of H-pyrrole nitrogens is 1. The molecule has 0 atom stereocenters. The van der Waals surface area contributed by atoms with Crippen LogP contribution in [0.4, 0.5) is 0 Å². The molecule has 4 nitrogen and oxygen atoms in total. The van der Waals surface area contributed by atoms with Crippen LogP contribution in [0.5, 0.6) is 11.5 Å². The Morgan fingerprint density at radius 1 is 0.952 bits per heavy atom. The van der Waals surface area contributed by atoms with Crippen LogP contribution in [0.1, 0.15) is 0 Å². The van der Waals surface area contributed by atoms with Gasteiger partial charge in [-0.15, -0.1) is 0 Å². The first-order chi connectivity index (χ1) is 10.3. The molecule has 0 saturated heterocycles. The molecule has 0 aliphatic carbocycles. The molecular formula is C16H11BrN2O2. The average Bonchev–Trinajstić information content (AvgIpc) is 3.13. The van der Waals surface area contributed by atoms with Crippen molar-refractivity contribution in [2.24, 2.45) is 0 Å². The molecule has 2 heterocycles. The van der Waals surface area contributed by atoms with Crippen LogP contribution < -0.4 is 9.47 Å². The lowest BCUT2D eigenvalue weighted by Crippen LogP contribution is -1.92. The second-order valence-electron chi connectivity index (χ2n) is 4.70. The van der Waals surface area contributed by atoms with Gasteiger partial charge in [0.25, 0.3) is 0 Å². The fraction of sp³-hybridized carbons (Fsp3) is 0.0625. The summed E-state index contributed by atoms with van der Waals surface area (Å²) in [6.45, 7) is 0.274. The van der Waals surface area contributed by atoms with E-state index in [-0.39, 0.29) is 6.79 Å². The Kier molecular flexibility index (Phi) is 2.93. The van der Waals surface area contributed by atoms with Gasteiger partial charge in [0.15, 0.2) is 11.5 Å². The van der Waals surface area contributed by atoms with Gasteiger partial charge < -0.3 is 9.47 Å². The fourth-order valence-electron chi connectivity index (χ4n) is 2.36. The predicted octanol–water partition coefficient (Wildman–Crippen LogP) is 4.23. The maximum absolute atomic E-state index is 5.42. The summed E-state index contributed by atoms with van der Waals surface area (Å²) in [5.74, 6) is 1.53. The van der Waals surface area contributed by atoms with Crippen LogP contribution >= 0.6 is 15.9 Å². The molecule has 4 rings (SSSR count). The average molecular weight is 343 g/mol. The topological polar surface area (TPSA) is 47.1 Å². The number of nitrogens with zero attached hydrogens (tertiary/aromatic N) is 1. The molecule has 0 unspecified atom stereocenters. The standard InChI is InChI=1S/C16H11BrN2O2/c17-14-15(10-4-2-1-3-5-10)18-19-16(14)11-6-7-12-13(8-11)21-9-20-12/h1-8H,9H2,(H,18,19). The quantitative estimate of drug-likeness (QED) is 0.757. The van der Waals surface area contributed by atoms with E-state index in [1.165, 1.54) is 0 Å². The number of hydrogen-bond donors (Lipinski definition) is 1. The number of fused-ring (bicyclic) bond motifs is 1. The zero-order valence-corrected chi connectivity index (χ0v) is 12.6. The van der Waals surface area contributed by atoms with Gasteiger partial charge in [0, 0.05) is 11.1 Å². The van der Waals surface area contributed by atoms with Crippen LogP contribution in [0, 0.1) is 0 Å². The second-order valence-corrected chi connectivity index (χ2v) is 5.49. The summed E-state index contributed by atoms with van der Waals surface area (Å²) in [4.78, 5) is 0. The summed E-state index contributed by atoms with van der Waals surface area (Å²) in [6.07, 6.45) is 0. The van der Waals surface area contributed by atoms with Crippen molar-refractivity contribution in [3.8, 4) is 34.0 Å². The maximum Gasteiger partial charge on any atom is 0.231 e. The van der Waals surface area contributed by atoms with E-state index in [1.54, 1.807) is 0 Å². The minimum Gasteiger partial charge on any atom is -0.454 e. The smallest absolute Gasteiger partial charge is 0.231 e. The third-order valence-corrected chi connectivity index (χ3v) is 4.19. The Morgan fingerprint density at radius 2 is 1.76 bits per heavy atom. The molecule has 2 aromatic carbocycles. The van der Waals surface area contributed by atoms with Crippen molar-refractivity contribution in [3.05, 3.63) is 53.0 Å². The summed E-state index contributed by atoms with van der Waals surface area (Å²) in [5.41, 5.74) is 3.88. The van der Waals surface area contributed by atoms with Gasteiger partial charge in [-0.3, -0.25) is 5.10 Å². The minimum absolute atomic E-state index is 0.274. The molecule has 3 aromatic rings. The van der Waals surface area contributed by atoms with Crippen molar-refractivity contribution >= 4 is 15.9 Å². The number of nitrogens with one attached hydrogen (secondary N) is 1. The van der Waals surface area contributed by atoms with Gasteiger partial charge >= 0.3 is 0 Å². The number of hydrogen-bond acceptors (Lipinski definition) is 3. The summed E-state index contributed by atoms with van der Waals surface area (Å²) < 4.78 is 11.7. The molecule has 0 bridgehead atoms. The number of benzene rings is 2. The van der Waals surface area contributed by atoms with E-state index in [1.807, 2.05) is 48.5 Å². The Morgan fingerprint density at radius 3 is 2.62 bits per heavy atom. The molecule has 5 heteroatoms. The zero-order valence-electron chi connectivity index (χ0n) is 11.0. The molecule has 1 aliphatic rings. The third kappa shape index (κ3) is 2.10. The van der Waals surface area contributed by atoms with Crippen LogP contribution in [0.25, 0.3) is 22.5 Å². The second kappa shape index (κ2) is 4.93. The monoisotopic (exact) mass is 342 g/mol. The summed E-state index contributed by atoms with van der Waals surface area (Å²) in [6, 6.07) is 15.9. The Bertz CT molecular complexity index is 799. The predicted molar refractivity (Wildman–Crippen MR) is 83.3 cm³/mol. The lowest BCUT2D eigenvalue weighted by Gasteiger charge is -2.01. The van der Waals surface area contributed by atoms with Gasteiger partial charge in [-0.25, -0.2) is 0 Å². The van der Waals surface area contributed by atoms with E-state index in [0.29, 0.717) is 0 Å². The van der Waals surface area contributed by atoms with Crippen LogP contribution in [0.2, 0.25) is 0 Å². The van der Waals surface area contributed by atoms with Crippen molar-refractivity contribution in [1.29, 1.82) is 0 Å². The lowest BCUT2D eigenvalue weighted by molar-refractivity contribution is 0.174. The van der Waals surface area contributed by atoms with Gasteiger partial charge in [-0.2, -0.15) is 5.10 Å². The molecule has 0 radical (unpaired) electrons. The zero-order chi connectivity index (χ0) is 14.2. The van der Waals surface area contributed by atoms with Crippen molar-refractivity contribution in [3.63, 3.8) is 0 Å². The van der Waals surface area contributed by atoms with Gasteiger partial charge in [-0.05, 0) is 34.1 Å². The molecular weight excluding hydrogens is 332 g/mol. The highest BCUT2D eigenvalue weighted by molar-refractivity contribution is 9.10. The molecule has 1 aliphatic heterocycles. The number of aromatic amines is 1. The Labute approximate surface area is 129 Å². The maximum atomic E-state index is 5.42. The summed E-state index contributed by atoms with van der Waals surface area (Å²) in [7, 11) is 0. The minimum atomic E-state index is 0.274. The van der Waals surface area contributed by atoms with Gasteiger partial charge in [0.2, 0.25) is 6.79 Å². The van der Waals surface area contributed by atoms with Crippen LogP contribution in [-0.4, -0.2) is 17.0 Å². The molecule has 0 spiro atoms. The first kappa shape index (κ1) is 12.5. The Balaban J connectivity index is 1.79. The van der Waals surface area contributed by atoms with Crippen LogP contribution in [0.15, 0.2) is 53.0 Å². The normalized spacial score (nSPS) is 12.6. The van der Waals surface area contributed by atoms with Crippen molar-refractivity contribution in [2.45, 2.75) is 0 Å². The molecule has 1 aromatic heterocycles. The molecule has 104 valence electrons. The van der Waals surface area contributed by atoms with Crippen LogP contribution in [-0.2, 0) is 0 Å². The first-order valence-electron chi connectivity index (χ1n) is 6.52. The van der Waals surface area contributed by atoms with E-state index >= 15 is 0 Å². The third-order valence-electron chi connectivity index (χ3n) is 3.42. The van der Waals surface area contributed by atoms with E-state index < -0.39 is 0 Å². The number of ether oxygens (including phenoxy) is 2. The van der Waals surface area contributed by atoms with Gasteiger partial charge in [0.05, 0.1) is 10.2 Å². The van der Waals surface area contributed by atoms with E-state index in [0.717, 1.165) is 38.5 Å². The highest BCUT2D eigenvalue weighted by Gasteiger charge is 2.18. The fourth-order valence-corrected chi connectivity index (χ4v) is 2.99. The highest BCUT2D eigenvalue weighted by atomic mass is 79.9. The highest BCUT2D eigenvalue weighted by Crippen LogP contribution is 2.39. The number of aromatic nitrogens is 2. The summed E-state index contributed by atoms with van der Waals surface area (Å²) in [5, 5.41) is 7.51. The SMILES string of the molecule is Brc1c(-c2ccc3c(c2)OCO3)n[nH]c1-c1ccccc1. The van der Waals surface area contributed by atoms with Gasteiger partial charge in [-0.1, -0.05) is 30.3 Å². The number of rotatable bonds is 2. The number of halogens is 1. The van der Waals surface area contributed by atoms with E-state index in [2.05, 4.69) is 26.1 Å². The molecule has 0 fully saturated rings. The van der Waals surface area contributed by atoms with Crippen molar-refractivity contribution in [1.82, 2.24) is 10.2 Å². The van der Waals surface area contributed by atoms with E-state index in [9.17, 15) is 0 Å². The van der Waals surface area contributed by atoms with Crippen molar-refractivity contribution in [2.75, 3.05) is 6.79 Å². The molecule has 1 N–H and O–H groups in total. The molecule has 21 heavy (non-hydrogen) atoms. The largest absolute Gasteiger partial charge is 0.454 e. The van der Waals surface area contributed by atoms with E-state index in [4.69, 9.17) is 9.47 Å². The van der Waals surface area contributed by atoms with Crippen molar-refractivity contribution < 1.29 is 9.47 Å². The Hall–Kier alpha value is -2.27. The van der Waals surface area contributed by atoms with Crippen LogP contribution in [0.3, 0.4) is 0 Å². The first-order valence-corrected chi connectivity index (χ1v) is 7.31.